The van der Waals surface area contributed by atoms with Gasteiger partial charge in [-0.05, 0) is 49.1 Å². The third-order valence-electron chi connectivity index (χ3n) is 7.72. The first kappa shape index (κ1) is 27.4. The van der Waals surface area contributed by atoms with Crippen LogP contribution in [0.4, 0.5) is 0 Å². The third kappa shape index (κ3) is 6.52. The Morgan fingerprint density at radius 3 is 2.33 bits per heavy atom. The molecule has 2 heterocycles. The Balaban J connectivity index is 1.32. The lowest BCUT2D eigenvalue weighted by Gasteiger charge is -2.43. The van der Waals surface area contributed by atoms with Crippen molar-refractivity contribution in [2.24, 2.45) is 0 Å². The first-order valence-corrected chi connectivity index (χ1v) is 14.1. The first-order valence-electron chi connectivity index (χ1n) is 13.4. The summed E-state index contributed by atoms with van der Waals surface area (Å²) in [6.07, 6.45) is 4.48. The third-order valence-corrected chi connectivity index (χ3v) is 8.46. The summed E-state index contributed by atoms with van der Waals surface area (Å²) >= 11 is 12.7. The topological polar surface area (TPSA) is 63.1 Å². The molecule has 1 aromatic heterocycles. The Labute approximate surface area is 240 Å². The fourth-order valence-electron chi connectivity index (χ4n) is 5.64. The summed E-state index contributed by atoms with van der Waals surface area (Å²) in [5.74, 6) is 1.05. The van der Waals surface area contributed by atoms with Crippen LogP contribution in [0.5, 0.6) is 0 Å². The Kier molecular flexibility index (Phi) is 8.66. The van der Waals surface area contributed by atoms with Crippen LogP contribution in [0.15, 0.2) is 85.2 Å². The standard InChI is InChI=1S/C31H33Cl2N5O/c1-23(39)35-31(27-10-6-3-7-11-27)15-18-37(19-16-31)17-14-26(25-12-13-28(32)29(33)20-25)21-38-22-34-36-30(38)24-8-4-2-5-9-24/h2-13,20,22,26H,14-19,21H2,1H3,(H,35,39). The number of rotatable bonds is 9. The van der Waals surface area contributed by atoms with E-state index in [0.29, 0.717) is 10.0 Å². The number of aromatic nitrogens is 3. The number of piperidine rings is 1. The van der Waals surface area contributed by atoms with Crippen LogP contribution >= 0.6 is 23.2 Å². The second-order valence-corrected chi connectivity index (χ2v) is 11.1. The molecular weight excluding hydrogens is 529 g/mol. The van der Waals surface area contributed by atoms with Crippen molar-refractivity contribution in [1.82, 2.24) is 25.0 Å². The molecule has 0 radical (unpaired) electrons. The molecule has 1 fully saturated rings. The molecule has 3 aromatic carbocycles. The number of nitrogens with one attached hydrogen (secondary N) is 1. The normalized spacial score (nSPS) is 16.1. The van der Waals surface area contributed by atoms with Crippen LogP contribution in [0.1, 0.15) is 43.2 Å². The van der Waals surface area contributed by atoms with E-state index in [9.17, 15) is 4.79 Å². The van der Waals surface area contributed by atoms with Gasteiger partial charge in [-0.2, -0.15) is 0 Å². The highest BCUT2D eigenvalue weighted by atomic mass is 35.5. The van der Waals surface area contributed by atoms with Crippen LogP contribution in [-0.2, 0) is 16.9 Å². The Morgan fingerprint density at radius 1 is 0.974 bits per heavy atom. The number of carbonyl (C=O) groups is 1. The minimum Gasteiger partial charge on any atom is -0.347 e. The predicted molar refractivity (Wildman–Crippen MR) is 157 cm³/mol. The highest BCUT2D eigenvalue weighted by molar-refractivity contribution is 6.42. The Hall–Kier alpha value is -3.19. The van der Waals surface area contributed by atoms with Crippen molar-refractivity contribution in [2.75, 3.05) is 19.6 Å². The summed E-state index contributed by atoms with van der Waals surface area (Å²) in [6.45, 7) is 5.07. The average Bonchev–Trinajstić information content (AvgIpc) is 3.42. The maximum absolute atomic E-state index is 12.1. The zero-order valence-electron chi connectivity index (χ0n) is 22.1. The van der Waals surface area contributed by atoms with Crippen molar-refractivity contribution in [3.8, 4) is 11.4 Å². The van der Waals surface area contributed by atoms with Crippen molar-refractivity contribution in [1.29, 1.82) is 0 Å². The van der Waals surface area contributed by atoms with Gasteiger partial charge in [-0.25, -0.2) is 0 Å². The highest BCUT2D eigenvalue weighted by Crippen LogP contribution is 2.35. The van der Waals surface area contributed by atoms with Gasteiger partial charge in [0.1, 0.15) is 6.33 Å². The quantitative estimate of drug-likeness (QED) is 0.251. The van der Waals surface area contributed by atoms with Crippen LogP contribution < -0.4 is 5.32 Å². The Bertz CT molecular complexity index is 1380. The molecule has 1 aliphatic rings. The SMILES string of the molecule is CC(=O)NC1(c2ccccc2)CCN(CCC(Cn2cnnc2-c2ccccc2)c2ccc(Cl)c(Cl)c2)CC1. The number of amides is 1. The molecule has 0 bridgehead atoms. The molecule has 1 atom stereocenters. The molecule has 0 spiro atoms. The number of halogens is 2. The molecule has 5 rings (SSSR count). The number of nitrogens with zero attached hydrogens (tertiary/aromatic N) is 4. The van der Waals surface area contributed by atoms with E-state index in [0.717, 1.165) is 62.4 Å². The maximum Gasteiger partial charge on any atom is 0.217 e. The molecule has 1 aliphatic heterocycles. The summed E-state index contributed by atoms with van der Waals surface area (Å²) in [6, 6.07) is 26.4. The maximum atomic E-state index is 12.1. The number of hydrogen-bond acceptors (Lipinski definition) is 4. The fraction of sp³-hybridized carbons (Fsp3) is 0.323. The van der Waals surface area contributed by atoms with Crippen LogP contribution in [0.2, 0.25) is 10.0 Å². The molecule has 1 amide bonds. The van der Waals surface area contributed by atoms with Gasteiger partial charge < -0.3 is 14.8 Å². The van der Waals surface area contributed by atoms with Gasteiger partial charge in [0.25, 0.3) is 0 Å². The first-order chi connectivity index (χ1) is 18.9. The number of benzene rings is 3. The molecule has 1 N–H and O–H groups in total. The minimum absolute atomic E-state index is 0.00939. The second kappa shape index (κ2) is 12.3. The summed E-state index contributed by atoms with van der Waals surface area (Å²) in [5, 5.41) is 13.0. The van der Waals surface area contributed by atoms with Gasteiger partial charge in [0.05, 0.1) is 15.6 Å². The minimum atomic E-state index is -0.320. The van der Waals surface area contributed by atoms with Crippen molar-refractivity contribution in [3.63, 3.8) is 0 Å². The van der Waals surface area contributed by atoms with E-state index in [-0.39, 0.29) is 17.4 Å². The second-order valence-electron chi connectivity index (χ2n) is 10.3. The highest BCUT2D eigenvalue weighted by Gasteiger charge is 2.37. The van der Waals surface area contributed by atoms with Crippen LogP contribution in [0.3, 0.4) is 0 Å². The van der Waals surface area contributed by atoms with Crippen LogP contribution in [0, 0.1) is 0 Å². The summed E-state index contributed by atoms with van der Waals surface area (Å²) in [7, 11) is 0. The molecule has 1 unspecified atom stereocenters. The molecule has 39 heavy (non-hydrogen) atoms. The number of hydrogen-bond donors (Lipinski definition) is 1. The van der Waals surface area contributed by atoms with Gasteiger partial charge in [-0.3, -0.25) is 4.79 Å². The predicted octanol–water partition coefficient (Wildman–Crippen LogP) is 6.55. The van der Waals surface area contributed by atoms with Crippen molar-refractivity contribution in [2.45, 2.75) is 44.2 Å². The van der Waals surface area contributed by atoms with Gasteiger partial charge in [0.2, 0.25) is 5.91 Å². The van der Waals surface area contributed by atoms with E-state index in [1.165, 1.54) is 5.56 Å². The largest absolute Gasteiger partial charge is 0.347 e. The summed E-state index contributed by atoms with van der Waals surface area (Å²) in [5.41, 5.74) is 3.04. The lowest BCUT2D eigenvalue weighted by Crippen LogP contribution is -2.52. The summed E-state index contributed by atoms with van der Waals surface area (Å²) < 4.78 is 2.12. The lowest BCUT2D eigenvalue weighted by atomic mass is 9.80. The van der Waals surface area contributed by atoms with Gasteiger partial charge in [-0.15, -0.1) is 10.2 Å². The zero-order valence-corrected chi connectivity index (χ0v) is 23.6. The molecule has 6 nitrogen and oxygen atoms in total. The smallest absolute Gasteiger partial charge is 0.217 e. The van der Waals surface area contributed by atoms with Crippen molar-refractivity contribution < 1.29 is 4.79 Å². The van der Waals surface area contributed by atoms with E-state index in [1.807, 2.05) is 48.5 Å². The molecule has 0 saturated carbocycles. The lowest BCUT2D eigenvalue weighted by molar-refractivity contribution is -0.121. The van der Waals surface area contributed by atoms with E-state index in [4.69, 9.17) is 23.2 Å². The molecule has 202 valence electrons. The Morgan fingerprint density at radius 2 is 1.67 bits per heavy atom. The monoisotopic (exact) mass is 561 g/mol. The van der Waals surface area contributed by atoms with Crippen molar-refractivity contribution >= 4 is 29.1 Å². The van der Waals surface area contributed by atoms with Crippen molar-refractivity contribution in [3.05, 3.63) is 106 Å². The van der Waals surface area contributed by atoms with E-state index >= 15 is 0 Å². The molecular formula is C31H33Cl2N5O. The van der Waals surface area contributed by atoms with Gasteiger partial charge in [0.15, 0.2) is 5.82 Å². The molecule has 0 aliphatic carbocycles. The average molecular weight is 563 g/mol. The summed E-state index contributed by atoms with van der Waals surface area (Å²) in [4.78, 5) is 14.6. The van der Waals surface area contributed by atoms with Gasteiger partial charge in [-0.1, -0.05) is 89.9 Å². The number of carbonyl (C=O) groups excluding carboxylic acids is 1. The van der Waals surface area contributed by atoms with E-state index in [1.54, 1.807) is 13.3 Å². The van der Waals surface area contributed by atoms with E-state index in [2.05, 4.69) is 55.3 Å². The zero-order chi connectivity index (χ0) is 27.2. The van der Waals surface area contributed by atoms with Gasteiger partial charge in [0, 0.05) is 38.0 Å². The molecule has 1 saturated heterocycles. The number of likely N-dealkylation sites (tertiary alicyclic amines) is 1. The van der Waals surface area contributed by atoms with Gasteiger partial charge >= 0.3 is 0 Å². The molecule has 4 aromatic rings. The van der Waals surface area contributed by atoms with Crippen LogP contribution in [0.25, 0.3) is 11.4 Å². The fourth-order valence-corrected chi connectivity index (χ4v) is 5.95. The van der Waals surface area contributed by atoms with E-state index < -0.39 is 0 Å². The molecule has 8 heteroatoms. The van der Waals surface area contributed by atoms with Crippen LogP contribution in [-0.4, -0.2) is 45.2 Å².